The first kappa shape index (κ1) is 21.1. The molecule has 1 saturated heterocycles. The summed E-state index contributed by atoms with van der Waals surface area (Å²) in [7, 11) is 0. The number of hydrogen-bond acceptors (Lipinski definition) is 7. The topological polar surface area (TPSA) is 114 Å². The van der Waals surface area contributed by atoms with E-state index in [-0.39, 0.29) is 35.3 Å². The molecule has 156 valence electrons. The van der Waals surface area contributed by atoms with Crippen molar-refractivity contribution in [3.05, 3.63) is 40.0 Å². The molecule has 0 unspecified atom stereocenters. The molecule has 9 heteroatoms. The number of aromatic nitrogens is 2. The van der Waals surface area contributed by atoms with Gasteiger partial charge in [-0.3, -0.25) is 4.79 Å². The third-order valence-electron chi connectivity index (χ3n) is 4.63. The monoisotopic (exact) mass is 419 g/mol. The Morgan fingerprint density at radius 2 is 2.14 bits per heavy atom. The van der Waals surface area contributed by atoms with Gasteiger partial charge in [0.05, 0.1) is 18.2 Å². The molecule has 0 radical (unpaired) electrons. The molecule has 1 aromatic heterocycles. The molecule has 0 spiro atoms. The van der Waals surface area contributed by atoms with E-state index in [1.807, 2.05) is 31.7 Å². The van der Waals surface area contributed by atoms with E-state index in [0.717, 1.165) is 12.1 Å². The van der Waals surface area contributed by atoms with Crippen LogP contribution in [-0.2, 0) is 4.74 Å². The van der Waals surface area contributed by atoms with Crippen LogP contribution in [0.1, 0.15) is 47.9 Å². The number of anilines is 2. The number of phenols is 1. The van der Waals surface area contributed by atoms with Gasteiger partial charge in [0.15, 0.2) is 0 Å². The lowest BCUT2D eigenvalue weighted by molar-refractivity contribution is 0.0940. The molecule has 1 aromatic carbocycles. The number of carbonyl (C=O) groups excluding carboxylic acids is 1. The van der Waals surface area contributed by atoms with E-state index < -0.39 is 0 Å². The van der Waals surface area contributed by atoms with Crippen molar-refractivity contribution in [3.8, 4) is 5.75 Å². The second-order valence-electron chi connectivity index (χ2n) is 7.38. The van der Waals surface area contributed by atoms with Gasteiger partial charge < -0.3 is 25.8 Å². The number of phenolic OH excluding ortho intramolecular Hbond substituents is 1. The van der Waals surface area contributed by atoms with Gasteiger partial charge in [0, 0.05) is 36.0 Å². The highest BCUT2D eigenvalue weighted by molar-refractivity contribution is 6.32. The first-order valence-electron chi connectivity index (χ1n) is 9.55. The maximum Gasteiger partial charge on any atom is 0.255 e. The summed E-state index contributed by atoms with van der Waals surface area (Å²) in [4.78, 5) is 22.9. The summed E-state index contributed by atoms with van der Waals surface area (Å²) in [5, 5.41) is 13.7. The van der Waals surface area contributed by atoms with Crippen LogP contribution in [0.25, 0.3) is 0 Å². The van der Waals surface area contributed by atoms with Crippen LogP contribution < -0.4 is 16.0 Å². The van der Waals surface area contributed by atoms with Crippen LogP contribution in [0.5, 0.6) is 5.75 Å². The fourth-order valence-corrected chi connectivity index (χ4v) is 3.68. The van der Waals surface area contributed by atoms with Gasteiger partial charge in [-0.1, -0.05) is 11.6 Å². The lowest BCUT2D eigenvalue weighted by Gasteiger charge is -2.31. The Balaban J connectivity index is 2.01. The third-order valence-corrected chi connectivity index (χ3v) is 4.96. The number of halogens is 1. The van der Waals surface area contributed by atoms with Gasteiger partial charge in [0.25, 0.3) is 5.91 Å². The molecule has 8 nitrogen and oxygen atoms in total. The SMILES string of the molecule is Cc1cc(N2CCCOC[C@@H]2c2cc(O)c(C(=O)NC(C)C)cc2Cl)nc(N)n1. The Morgan fingerprint density at radius 1 is 1.38 bits per heavy atom. The predicted molar refractivity (Wildman–Crippen MR) is 112 cm³/mol. The number of ether oxygens (including phenoxy) is 1. The van der Waals surface area contributed by atoms with Gasteiger partial charge in [0.2, 0.25) is 5.95 Å². The van der Waals surface area contributed by atoms with Crippen LogP contribution in [0.3, 0.4) is 0 Å². The quantitative estimate of drug-likeness (QED) is 0.698. The highest BCUT2D eigenvalue weighted by Crippen LogP contribution is 2.36. The summed E-state index contributed by atoms with van der Waals surface area (Å²) in [5.74, 6) is 0.352. The fourth-order valence-electron chi connectivity index (χ4n) is 3.39. The van der Waals surface area contributed by atoms with Gasteiger partial charge in [-0.25, -0.2) is 4.98 Å². The van der Waals surface area contributed by atoms with Crippen LogP contribution in [0.2, 0.25) is 5.02 Å². The smallest absolute Gasteiger partial charge is 0.255 e. The highest BCUT2D eigenvalue weighted by Gasteiger charge is 2.28. The number of nitrogens with one attached hydrogen (secondary N) is 1. The lowest BCUT2D eigenvalue weighted by atomic mass is 10.0. The molecule has 0 saturated carbocycles. The largest absolute Gasteiger partial charge is 0.507 e. The first-order valence-corrected chi connectivity index (χ1v) is 9.93. The van der Waals surface area contributed by atoms with E-state index in [1.54, 1.807) is 0 Å². The van der Waals surface area contributed by atoms with E-state index in [9.17, 15) is 9.90 Å². The molecule has 1 aliphatic rings. The van der Waals surface area contributed by atoms with Crippen LogP contribution in [0, 0.1) is 6.92 Å². The molecule has 2 aromatic rings. The van der Waals surface area contributed by atoms with E-state index in [4.69, 9.17) is 22.1 Å². The number of nitrogen functional groups attached to an aromatic ring is 1. The predicted octanol–water partition coefficient (Wildman–Crippen LogP) is 2.83. The Labute approximate surface area is 175 Å². The van der Waals surface area contributed by atoms with Crippen molar-refractivity contribution in [2.45, 2.75) is 39.3 Å². The maximum absolute atomic E-state index is 12.3. The van der Waals surface area contributed by atoms with E-state index in [1.165, 1.54) is 12.1 Å². The molecular formula is C20H26ClN5O3. The molecule has 0 bridgehead atoms. The molecule has 29 heavy (non-hydrogen) atoms. The number of carbonyl (C=O) groups is 1. The second kappa shape index (κ2) is 8.84. The van der Waals surface area contributed by atoms with Crippen molar-refractivity contribution in [1.29, 1.82) is 0 Å². The summed E-state index contributed by atoms with van der Waals surface area (Å²) in [6, 6.07) is 4.52. The summed E-state index contributed by atoms with van der Waals surface area (Å²) in [5.41, 5.74) is 7.39. The summed E-state index contributed by atoms with van der Waals surface area (Å²) < 4.78 is 5.76. The minimum atomic E-state index is -0.376. The summed E-state index contributed by atoms with van der Waals surface area (Å²) in [6.45, 7) is 7.19. The lowest BCUT2D eigenvalue weighted by Crippen LogP contribution is -2.32. The minimum absolute atomic E-state index is 0.0578. The minimum Gasteiger partial charge on any atom is -0.507 e. The number of hydrogen-bond donors (Lipinski definition) is 3. The van der Waals surface area contributed by atoms with Crippen molar-refractivity contribution >= 4 is 29.3 Å². The number of aryl methyl sites for hydroxylation is 1. The molecule has 1 atom stereocenters. The number of benzene rings is 1. The number of nitrogens with zero attached hydrogens (tertiary/aromatic N) is 3. The molecule has 4 N–H and O–H groups in total. The van der Waals surface area contributed by atoms with Crippen LogP contribution in [0.4, 0.5) is 11.8 Å². The van der Waals surface area contributed by atoms with Crippen LogP contribution >= 0.6 is 11.6 Å². The van der Waals surface area contributed by atoms with E-state index >= 15 is 0 Å². The number of nitrogens with two attached hydrogens (primary N) is 1. The molecule has 3 rings (SSSR count). The Bertz CT molecular complexity index is 886. The average molecular weight is 420 g/mol. The van der Waals surface area contributed by atoms with Crippen molar-refractivity contribution in [1.82, 2.24) is 15.3 Å². The molecule has 1 amide bonds. The molecular weight excluding hydrogens is 394 g/mol. The molecule has 2 heterocycles. The second-order valence-corrected chi connectivity index (χ2v) is 7.79. The van der Waals surface area contributed by atoms with Gasteiger partial charge in [-0.15, -0.1) is 0 Å². The Kier molecular flexibility index (Phi) is 6.44. The zero-order valence-electron chi connectivity index (χ0n) is 16.8. The van der Waals surface area contributed by atoms with E-state index in [2.05, 4.69) is 15.3 Å². The Hall–Kier alpha value is -2.58. The zero-order valence-corrected chi connectivity index (χ0v) is 17.5. The Morgan fingerprint density at radius 3 is 2.83 bits per heavy atom. The third kappa shape index (κ3) is 4.89. The maximum atomic E-state index is 12.3. The van der Waals surface area contributed by atoms with Gasteiger partial charge >= 0.3 is 0 Å². The summed E-state index contributed by atoms with van der Waals surface area (Å²) in [6.07, 6.45) is 0.804. The standard InChI is InChI=1S/C20H26ClN5O3/c1-11(2)23-19(28)14-8-15(21)13(9-17(14)27)16-10-29-6-4-5-26(16)18-7-12(3)24-20(22)25-18/h7-9,11,16,27H,4-6,10H2,1-3H3,(H,23,28)(H2,22,24,25)/t16-/m1/s1. The van der Waals surface area contributed by atoms with Crippen molar-refractivity contribution in [2.75, 3.05) is 30.4 Å². The van der Waals surface area contributed by atoms with Crippen LogP contribution in [0.15, 0.2) is 18.2 Å². The molecule has 1 fully saturated rings. The van der Waals surface area contributed by atoms with Crippen LogP contribution in [-0.4, -0.2) is 46.8 Å². The fraction of sp³-hybridized carbons (Fsp3) is 0.450. The van der Waals surface area contributed by atoms with Crippen molar-refractivity contribution < 1.29 is 14.6 Å². The normalized spacial score (nSPS) is 17.3. The first-order chi connectivity index (χ1) is 13.8. The van der Waals surface area contributed by atoms with Gasteiger partial charge in [-0.05, 0) is 44.9 Å². The van der Waals surface area contributed by atoms with E-state index in [0.29, 0.717) is 36.2 Å². The number of aromatic hydroxyl groups is 1. The summed E-state index contributed by atoms with van der Waals surface area (Å²) >= 11 is 6.55. The van der Waals surface area contributed by atoms with Gasteiger partial charge in [0.1, 0.15) is 11.6 Å². The average Bonchev–Trinajstić information content (AvgIpc) is 2.87. The molecule has 0 aliphatic carbocycles. The van der Waals surface area contributed by atoms with Crippen molar-refractivity contribution in [2.24, 2.45) is 0 Å². The molecule has 1 aliphatic heterocycles. The van der Waals surface area contributed by atoms with Crippen molar-refractivity contribution in [3.63, 3.8) is 0 Å². The number of rotatable bonds is 4. The zero-order chi connectivity index (χ0) is 21.1. The highest BCUT2D eigenvalue weighted by atomic mass is 35.5. The number of amides is 1. The van der Waals surface area contributed by atoms with Gasteiger partial charge in [-0.2, -0.15) is 4.98 Å².